The number of fused-ring (bicyclic) bond motifs is 2. The molecule has 7 heteroatoms. The van der Waals surface area contributed by atoms with Crippen LogP contribution in [0.3, 0.4) is 0 Å². The number of aliphatic hydroxyl groups excluding tert-OH is 1. The summed E-state index contributed by atoms with van der Waals surface area (Å²) < 4.78 is 11.3. The number of hydrogen-bond donors (Lipinski definition) is 1. The second-order valence-electron chi connectivity index (χ2n) is 8.01. The van der Waals surface area contributed by atoms with Gasteiger partial charge in [0.15, 0.2) is 0 Å². The van der Waals surface area contributed by atoms with Gasteiger partial charge in [-0.2, -0.15) is 0 Å². The lowest BCUT2D eigenvalue weighted by atomic mass is 9.94. The van der Waals surface area contributed by atoms with Crippen LogP contribution < -0.4 is 9.64 Å². The van der Waals surface area contributed by atoms with Crippen molar-refractivity contribution in [3.63, 3.8) is 0 Å². The van der Waals surface area contributed by atoms with Crippen LogP contribution in [0.1, 0.15) is 37.5 Å². The summed E-state index contributed by atoms with van der Waals surface area (Å²) in [5, 5.41) is 9.29. The molecule has 1 N–H and O–H groups in total. The lowest BCUT2D eigenvalue weighted by Gasteiger charge is -2.32. The van der Waals surface area contributed by atoms with E-state index in [4.69, 9.17) is 9.47 Å². The van der Waals surface area contributed by atoms with Gasteiger partial charge in [-0.15, -0.1) is 0 Å². The van der Waals surface area contributed by atoms with Crippen LogP contribution in [0.2, 0.25) is 0 Å². The highest BCUT2D eigenvalue weighted by Gasteiger charge is 2.30. The third-order valence-electron chi connectivity index (χ3n) is 4.95. The van der Waals surface area contributed by atoms with Crippen LogP contribution in [0, 0.1) is 6.92 Å². The zero-order chi connectivity index (χ0) is 19.8. The molecule has 0 aromatic heterocycles. The maximum atomic E-state index is 12.4. The van der Waals surface area contributed by atoms with Crippen molar-refractivity contribution in [2.24, 2.45) is 0 Å². The third-order valence-corrected chi connectivity index (χ3v) is 4.95. The molecular weight excluding hydrogens is 348 g/mol. The number of carbonyl (C=O) groups is 2. The summed E-state index contributed by atoms with van der Waals surface area (Å²) in [6, 6.07) is 1.98. The molecule has 0 radical (unpaired) electrons. The molecule has 3 rings (SSSR count). The minimum atomic E-state index is -0.525. The Labute approximate surface area is 159 Å². The number of benzene rings is 1. The molecule has 0 unspecified atom stereocenters. The van der Waals surface area contributed by atoms with Crippen LogP contribution in [0.25, 0.3) is 0 Å². The molecule has 27 heavy (non-hydrogen) atoms. The van der Waals surface area contributed by atoms with Crippen molar-refractivity contribution in [3.05, 3.63) is 22.8 Å². The maximum Gasteiger partial charge on any atom is 0.410 e. The van der Waals surface area contributed by atoms with E-state index in [0.29, 0.717) is 44.8 Å². The Morgan fingerprint density at radius 2 is 1.93 bits per heavy atom. The molecule has 0 bridgehead atoms. The second kappa shape index (κ2) is 7.38. The SMILES string of the molecule is Cc1c2c(cc3c1N(C(=O)CO)CCO3)CCN(C(=O)OC(C)(C)C)CC2. The van der Waals surface area contributed by atoms with Gasteiger partial charge in [0.05, 0.1) is 12.2 Å². The number of ether oxygens (including phenoxy) is 2. The van der Waals surface area contributed by atoms with E-state index in [1.165, 1.54) is 0 Å². The summed E-state index contributed by atoms with van der Waals surface area (Å²) >= 11 is 0. The summed E-state index contributed by atoms with van der Waals surface area (Å²) in [5.74, 6) is 0.344. The smallest absolute Gasteiger partial charge is 0.410 e. The molecule has 0 saturated carbocycles. The molecule has 1 aromatic carbocycles. The fraction of sp³-hybridized carbons (Fsp3) is 0.600. The van der Waals surface area contributed by atoms with Crippen molar-refractivity contribution >= 4 is 17.7 Å². The van der Waals surface area contributed by atoms with Crippen molar-refractivity contribution < 1.29 is 24.2 Å². The molecule has 2 aliphatic heterocycles. The minimum absolute atomic E-state index is 0.300. The van der Waals surface area contributed by atoms with Crippen LogP contribution in [-0.4, -0.2) is 60.5 Å². The second-order valence-corrected chi connectivity index (χ2v) is 8.01. The molecular formula is C20H28N2O5. The fourth-order valence-corrected chi connectivity index (χ4v) is 3.72. The van der Waals surface area contributed by atoms with E-state index in [9.17, 15) is 14.7 Å². The highest BCUT2D eigenvalue weighted by atomic mass is 16.6. The van der Waals surface area contributed by atoms with Gasteiger partial charge < -0.3 is 24.4 Å². The summed E-state index contributed by atoms with van der Waals surface area (Å²) in [5.41, 5.74) is 3.47. The van der Waals surface area contributed by atoms with Crippen molar-refractivity contribution in [2.75, 3.05) is 37.7 Å². The molecule has 7 nitrogen and oxygen atoms in total. The van der Waals surface area contributed by atoms with Gasteiger partial charge in [0, 0.05) is 13.1 Å². The summed E-state index contributed by atoms with van der Waals surface area (Å²) in [6.07, 6.45) is 1.10. The summed E-state index contributed by atoms with van der Waals surface area (Å²) in [7, 11) is 0. The number of nitrogens with zero attached hydrogens (tertiary/aromatic N) is 2. The Balaban J connectivity index is 1.88. The number of aliphatic hydroxyl groups is 1. The lowest BCUT2D eigenvalue weighted by molar-refractivity contribution is -0.121. The van der Waals surface area contributed by atoms with E-state index in [-0.39, 0.29) is 12.0 Å². The van der Waals surface area contributed by atoms with Gasteiger partial charge in [0.1, 0.15) is 24.6 Å². The Hall–Kier alpha value is -2.28. The van der Waals surface area contributed by atoms with Crippen molar-refractivity contribution in [1.29, 1.82) is 0 Å². The van der Waals surface area contributed by atoms with Crippen LogP contribution in [0.5, 0.6) is 5.75 Å². The maximum absolute atomic E-state index is 12.4. The van der Waals surface area contributed by atoms with E-state index in [2.05, 4.69) is 0 Å². The van der Waals surface area contributed by atoms with E-state index in [1.54, 1.807) is 9.80 Å². The predicted octanol–water partition coefficient (Wildman–Crippen LogP) is 2.05. The first-order chi connectivity index (χ1) is 12.7. The van der Waals surface area contributed by atoms with Gasteiger partial charge in [0.2, 0.25) is 0 Å². The number of rotatable bonds is 1. The summed E-state index contributed by atoms with van der Waals surface area (Å²) in [6.45, 7) is 9.02. The highest BCUT2D eigenvalue weighted by molar-refractivity contribution is 5.97. The Kier molecular flexibility index (Phi) is 5.33. The summed E-state index contributed by atoms with van der Waals surface area (Å²) in [4.78, 5) is 27.9. The first kappa shape index (κ1) is 19.5. The molecule has 0 aliphatic carbocycles. The molecule has 0 fully saturated rings. The molecule has 1 aromatic rings. The van der Waals surface area contributed by atoms with Crippen molar-refractivity contribution in [1.82, 2.24) is 4.90 Å². The first-order valence-electron chi connectivity index (χ1n) is 9.38. The zero-order valence-electron chi connectivity index (χ0n) is 16.5. The van der Waals surface area contributed by atoms with E-state index in [1.807, 2.05) is 33.8 Å². The fourth-order valence-electron chi connectivity index (χ4n) is 3.72. The average Bonchev–Trinajstić information content (AvgIpc) is 2.82. The van der Waals surface area contributed by atoms with E-state index in [0.717, 1.165) is 22.4 Å². The third kappa shape index (κ3) is 4.03. The molecule has 0 atom stereocenters. The molecule has 0 saturated heterocycles. The van der Waals surface area contributed by atoms with Crippen LogP contribution >= 0.6 is 0 Å². The molecule has 148 valence electrons. The van der Waals surface area contributed by atoms with Gasteiger partial charge >= 0.3 is 6.09 Å². The van der Waals surface area contributed by atoms with Crippen LogP contribution in [0.15, 0.2) is 6.07 Å². The van der Waals surface area contributed by atoms with Gasteiger partial charge in [-0.1, -0.05) is 0 Å². The van der Waals surface area contributed by atoms with Gasteiger partial charge in [-0.3, -0.25) is 4.79 Å². The number of hydrogen-bond acceptors (Lipinski definition) is 5. The monoisotopic (exact) mass is 376 g/mol. The quantitative estimate of drug-likeness (QED) is 0.812. The van der Waals surface area contributed by atoms with E-state index >= 15 is 0 Å². The van der Waals surface area contributed by atoms with Gasteiger partial charge in [-0.25, -0.2) is 4.79 Å². The Morgan fingerprint density at radius 1 is 1.22 bits per heavy atom. The van der Waals surface area contributed by atoms with Crippen molar-refractivity contribution in [3.8, 4) is 5.75 Å². The number of carbonyl (C=O) groups excluding carboxylic acids is 2. The highest BCUT2D eigenvalue weighted by Crippen LogP contribution is 2.40. The lowest BCUT2D eigenvalue weighted by Crippen LogP contribution is -2.40. The van der Waals surface area contributed by atoms with Gasteiger partial charge in [0.25, 0.3) is 5.91 Å². The molecule has 2 amide bonds. The Morgan fingerprint density at radius 3 is 2.59 bits per heavy atom. The van der Waals surface area contributed by atoms with Crippen LogP contribution in [0.4, 0.5) is 10.5 Å². The number of amides is 2. The largest absolute Gasteiger partial charge is 0.490 e. The minimum Gasteiger partial charge on any atom is -0.490 e. The van der Waals surface area contributed by atoms with E-state index < -0.39 is 12.2 Å². The normalized spacial score (nSPS) is 16.8. The topological polar surface area (TPSA) is 79.3 Å². The molecule has 0 spiro atoms. The standard InChI is InChI=1S/C20H28N2O5/c1-13-15-6-8-21(19(25)27-20(2,3)4)7-5-14(15)11-16-18(13)22(9-10-26-16)17(24)12-23/h11,23H,5-10,12H2,1-4H3. The van der Waals surface area contributed by atoms with Gasteiger partial charge in [-0.05, 0) is 63.3 Å². The van der Waals surface area contributed by atoms with Crippen molar-refractivity contribution in [2.45, 2.75) is 46.1 Å². The molecule has 2 aliphatic rings. The predicted molar refractivity (Wildman–Crippen MR) is 101 cm³/mol. The Bertz CT molecular complexity index is 754. The first-order valence-corrected chi connectivity index (χ1v) is 9.38. The molecule has 2 heterocycles. The average molecular weight is 376 g/mol. The zero-order valence-corrected chi connectivity index (χ0v) is 16.5. The number of anilines is 1. The van der Waals surface area contributed by atoms with Crippen LogP contribution in [-0.2, 0) is 22.4 Å².